The third kappa shape index (κ3) is 3.32. The maximum Gasteiger partial charge on any atom is 0.138 e. The van der Waals surface area contributed by atoms with Crippen molar-refractivity contribution in [1.29, 1.82) is 0 Å². The third-order valence-corrected chi connectivity index (χ3v) is 3.93. The maximum atomic E-state index is 6.30. The molecule has 0 saturated heterocycles. The molecule has 1 aromatic heterocycles. The predicted octanol–water partition coefficient (Wildman–Crippen LogP) is 5.35. The molecule has 116 valence electrons. The molecule has 0 fully saturated rings. The first-order chi connectivity index (χ1) is 9.86. The van der Waals surface area contributed by atoms with Crippen molar-refractivity contribution in [3.8, 4) is 0 Å². The molecule has 2 aromatic rings. The molecule has 0 aliphatic carbocycles. The van der Waals surface area contributed by atoms with E-state index in [1.54, 1.807) is 0 Å². The highest BCUT2D eigenvalue weighted by atomic mass is 16.3. The Labute approximate surface area is 128 Å². The smallest absolute Gasteiger partial charge is 0.138 e. The number of hydrogen-bond donors (Lipinski definition) is 1. The van der Waals surface area contributed by atoms with Crippen LogP contribution in [0.4, 0.5) is 0 Å². The maximum absolute atomic E-state index is 6.30. The highest BCUT2D eigenvalue weighted by Gasteiger charge is 2.23. The molecular formula is C19H29NO. The molecule has 21 heavy (non-hydrogen) atoms. The van der Waals surface area contributed by atoms with Crippen molar-refractivity contribution >= 4 is 11.0 Å². The van der Waals surface area contributed by atoms with E-state index in [9.17, 15) is 0 Å². The van der Waals surface area contributed by atoms with Gasteiger partial charge in [-0.15, -0.1) is 0 Å². The summed E-state index contributed by atoms with van der Waals surface area (Å²) in [5.41, 5.74) is 3.82. The number of furan rings is 1. The number of fused-ring (bicyclic) bond motifs is 1. The van der Waals surface area contributed by atoms with Gasteiger partial charge in [-0.05, 0) is 24.3 Å². The lowest BCUT2D eigenvalue weighted by atomic mass is 9.85. The van der Waals surface area contributed by atoms with Crippen molar-refractivity contribution in [3.63, 3.8) is 0 Å². The van der Waals surface area contributed by atoms with Gasteiger partial charge in [-0.3, -0.25) is 0 Å². The van der Waals surface area contributed by atoms with E-state index >= 15 is 0 Å². The lowest BCUT2D eigenvalue weighted by molar-refractivity contribution is 0.493. The summed E-state index contributed by atoms with van der Waals surface area (Å²) in [5.74, 6) is 1.57. The summed E-state index contributed by atoms with van der Waals surface area (Å²) >= 11 is 0. The molecule has 2 rings (SSSR count). The van der Waals surface area contributed by atoms with Crippen LogP contribution in [0, 0.1) is 0 Å². The van der Waals surface area contributed by atoms with E-state index in [-0.39, 0.29) is 5.41 Å². The number of benzene rings is 1. The van der Waals surface area contributed by atoms with Crippen LogP contribution in [0.5, 0.6) is 0 Å². The first kappa shape index (κ1) is 16.1. The molecule has 0 bridgehead atoms. The van der Waals surface area contributed by atoms with E-state index < -0.39 is 0 Å². The van der Waals surface area contributed by atoms with Crippen molar-refractivity contribution < 1.29 is 4.42 Å². The zero-order valence-corrected chi connectivity index (χ0v) is 14.3. The molecule has 0 aliphatic heterocycles. The fourth-order valence-corrected chi connectivity index (χ4v) is 2.92. The van der Waals surface area contributed by atoms with Crippen LogP contribution in [0.2, 0.25) is 0 Å². The Morgan fingerprint density at radius 1 is 1.19 bits per heavy atom. The lowest BCUT2D eigenvalue weighted by Gasteiger charge is -2.19. The molecule has 1 aromatic carbocycles. The van der Waals surface area contributed by atoms with E-state index in [0.29, 0.717) is 5.92 Å². The van der Waals surface area contributed by atoms with Crippen molar-refractivity contribution in [2.75, 3.05) is 6.54 Å². The van der Waals surface area contributed by atoms with E-state index in [0.717, 1.165) is 30.9 Å². The Morgan fingerprint density at radius 3 is 2.48 bits per heavy atom. The Balaban J connectivity index is 2.56. The van der Waals surface area contributed by atoms with Gasteiger partial charge in [0.2, 0.25) is 0 Å². The SMILES string of the molecule is CCCNCc1oc2c(C(C)(C)C)cccc2c1C(C)C. The molecule has 1 N–H and O–H groups in total. The quantitative estimate of drug-likeness (QED) is 0.749. The number of para-hydroxylation sites is 1. The topological polar surface area (TPSA) is 25.2 Å². The molecule has 0 spiro atoms. The predicted molar refractivity (Wildman–Crippen MR) is 91.0 cm³/mol. The molecule has 1 heterocycles. The Hall–Kier alpha value is -1.28. The van der Waals surface area contributed by atoms with Crippen LogP contribution < -0.4 is 5.32 Å². The second-order valence-corrected chi connectivity index (χ2v) is 7.20. The van der Waals surface area contributed by atoms with Crippen molar-refractivity contribution in [2.24, 2.45) is 0 Å². The van der Waals surface area contributed by atoms with Crippen LogP contribution in [0.3, 0.4) is 0 Å². The van der Waals surface area contributed by atoms with E-state index in [4.69, 9.17) is 4.42 Å². The van der Waals surface area contributed by atoms with E-state index in [2.05, 4.69) is 65.1 Å². The van der Waals surface area contributed by atoms with Crippen LogP contribution in [0.15, 0.2) is 22.6 Å². The fraction of sp³-hybridized carbons (Fsp3) is 0.579. The Bertz CT molecular complexity index is 602. The summed E-state index contributed by atoms with van der Waals surface area (Å²) in [6.07, 6.45) is 1.14. The zero-order chi connectivity index (χ0) is 15.6. The van der Waals surface area contributed by atoms with Gasteiger partial charge in [0.1, 0.15) is 11.3 Å². The number of rotatable bonds is 5. The first-order valence-corrected chi connectivity index (χ1v) is 8.11. The fourth-order valence-electron chi connectivity index (χ4n) is 2.92. The van der Waals surface area contributed by atoms with Crippen LogP contribution in [-0.2, 0) is 12.0 Å². The van der Waals surface area contributed by atoms with Crippen LogP contribution >= 0.6 is 0 Å². The van der Waals surface area contributed by atoms with Crippen LogP contribution in [-0.4, -0.2) is 6.54 Å². The van der Waals surface area contributed by atoms with Gasteiger partial charge in [0, 0.05) is 16.5 Å². The van der Waals surface area contributed by atoms with E-state index in [1.165, 1.54) is 16.5 Å². The van der Waals surface area contributed by atoms with Crippen molar-refractivity contribution in [2.45, 2.75) is 65.8 Å². The molecule has 0 saturated carbocycles. The standard InChI is InChI=1S/C19H29NO/c1-7-11-20-12-16-17(13(2)3)14-9-8-10-15(18(14)21-16)19(4,5)6/h8-10,13,20H,7,11-12H2,1-6H3. The van der Waals surface area contributed by atoms with Gasteiger partial charge in [-0.25, -0.2) is 0 Å². The van der Waals surface area contributed by atoms with Gasteiger partial charge < -0.3 is 9.73 Å². The molecule has 0 amide bonds. The zero-order valence-electron chi connectivity index (χ0n) is 14.3. The Kier molecular flexibility index (Phi) is 4.77. The summed E-state index contributed by atoms with van der Waals surface area (Å²) in [6.45, 7) is 15.3. The van der Waals surface area contributed by atoms with Crippen molar-refractivity contribution in [3.05, 3.63) is 35.1 Å². The average molecular weight is 287 g/mol. The van der Waals surface area contributed by atoms with Gasteiger partial charge in [0.25, 0.3) is 0 Å². The summed E-state index contributed by atoms with van der Waals surface area (Å²) in [5, 5.41) is 4.76. The minimum atomic E-state index is 0.0970. The average Bonchev–Trinajstić information content (AvgIpc) is 2.75. The molecule has 2 nitrogen and oxygen atoms in total. The van der Waals surface area contributed by atoms with Crippen LogP contribution in [0.1, 0.15) is 70.8 Å². The van der Waals surface area contributed by atoms with Crippen molar-refractivity contribution in [1.82, 2.24) is 5.32 Å². The summed E-state index contributed by atoms with van der Waals surface area (Å²) in [6, 6.07) is 6.56. The second-order valence-electron chi connectivity index (χ2n) is 7.20. The third-order valence-electron chi connectivity index (χ3n) is 3.93. The molecule has 0 radical (unpaired) electrons. The lowest BCUT2D eigenvalue weighted by Crippen LogP contribution is -2.14. The highest BCUT2D eigenvalue weighted by Crippen LogP contribution is 2.37. The summed E-state index contributed by atoms with van der Waals surface area (Å²) in [7, 11) is 0. The summed E-state index contributed by atoms with van der Waals surface area (Å²) < 4.78 is 6.30. The van der Waals surface area contributed by atoms with Gasteiger partial charge >= 0.3 is 0 Å². The van der Waals surface area contributed by atoms with Gasteiger partial charge in [0.15, 0.2) is 0 Å². The molecule has 2 heteroatoms. The second kappa shape index (κ2) is 6.23. The monoisotopic (exact) mass is 287 g/mol. The van der Waals surface area contributed by atoms with Crippen LogP contribution in [0.25, 0.3) is 11.0 Å². The van der Waals surface area contributed by atoms with Gasteiger partial charge in [0.05, 0.1) is 6.54 Å². The molecule has 0 atom stereocenters. The highest BCUT2D eigenvalue weighted by molar-refractivity contribution is 5.86. The minimum absolute atomic E-state index is 0.0970. The number of hydrogen-bond acceptors (Lipinski definition) is 2. The van der Waals surface area contributed by atoms with Gasteiger partial charge in [-0.2, -0.15) is 0 Å². The van der Waals surface area contributed by atoms with E-state index in [1.807, 2.05) is 0 Å². The van der Waals surface area contributed by atoms with Gasteiger partial charge in [-0.1, -0.05) is 59.7 Å². The summed E-state index contributed by atoms with van der Waals surface area (Å²) in [4.78, 5) is 0. The molecule has 0 aliphatic rings. The normalized spacial score (nSPS) is 12.5. The first-order valence-electron chi connectivity index (χ1n) is 8.11. The Morgan fingerprint density at radius 2 is 1.90 bits per heavy atom. The number of nitrogens with one attached hydrogen (secondary N) is 1. The largest absolute Gasteiger partial charge is 0.459 e. The molecule has 0 unspecified atom stereocenters. The molecular weight excluding hydrogens is 258 g/mol. The minimum Gasteiger partial charge on any atom is -0.459 e.